The first-order valence-corrected chi connectivity index (χ1v) is 9.70. The molecule has 1 aromatic carbocycles. The molecule has 0 N–H and O–H groups in total. The van der Waals surface area contributed by atoms with Crippen LogP contribution in [0.25, 0.3) is 0 Å². The van der Waals surface area contributed by atoms with Gasteiger partial charge < -0.3 is 4.74 Å². The molecule has 0 bridgehead atoms. The lowest BCUT2D eigenvalue weighted by molar-refractivity contribution is -0.0498. The van der Waals surface area contributed by atoms with Crippen molar-refractivity contribution in [3.63, 3.8) is 0 Å². The zero-order chi connectivity index (χ0) is 16.9. The Morgan fingerprint density at radius 1 is 0.875 bits per heavy atom. The summed E-state index contributed by atoms with van der Waals surface area (Å²) in [5, 5.41) is 0. The molecule has 24 heavy (non-hydrogen) atoms. The van der Waals surface area contributed by atoms with Gasteiger partial charge in [-0.15, -0.1) is 0 Å². The first-order chi connectivity index (χ1) is 11.7. The van der Waals surface area contributed by atoms with E-state index < -0.39 is 6.61 Å². The molecule has 3 rings (SSSR count). The monoisotopic (exact) mass is 336 g/mol. The fraction of sp³-hybridized carbons (Fsp3) is 0.714. The van der Waals surface area contributed by atoms with Gasteiger partial charge in [0.1, 0.15) is 5.75 Å². The van der Waals surface area contributed by atoms with Crippen molar-refractivity contribution in [2.45, 2.75) is 77.2 Å². The molecule has 3 heteroatoms. The standard InChI is InChI=1S/C21H30F2O/c1-2-15-3-5-16(6-4-15)17-7-9-18(10-8-17)19-11-13-20(14-12-19)24-21(22)23/h11-18,21H,2-10H2,1H3. The lowest BCUT2D eigenvalue weighted by atomic mass is 9.68. The van der Waals surface area contributed by atoms with Crippen molar-refractivity contribution in [1.82, 2.24) is 0 Å². The highest BCUT2D eigenvalue weighted by atomic mass is 19.3. The Morgan fingerprint density at radius 2 is 1.42 bits per heavy atom. The third-order valence-corrected chi connectivity index (χ3v) is 6.48. The van der Waals surface area contributed by atoms with Crippen molar-refractivity contribution in [3.05, 3.63) is 29.8 Å². The van der Waals surface area contributed by atoms with E-state index >= 15 is 0 Å². The maximum atomic E-state index is 12.2. The first kappa shape index (κ1) is 17.7. The van der Waals surface area contributed by atoms with E-state index in [-0.39, 0.29) is 5.75 Å². The Balaban J connectivity index is 1.48. The average Bonchev–Trinajstić information content (AvgIpc) is 2.62. The number of hydrogen-bond donors (Lipinski definition) is 0. The molecule has 1 aromatic rings. The van der Waals surface area contributed by atoms with E-state index in [4.69, 9.17) is 0 Å². The summed E-state index contributed by atoms with van der Waals surface area (Å²) in [6.45, 7) is -0.414. The van der Waals surface area contributed by atoms with E-state index in [0.717, 1.165) is 17.8 Å². The van der Waals surface area contributed by atoms with Gasteiger partial charge in [-0.3, -0.25) is 0 Å². The fourth-order valence-electron chi connectivity index (χ4n) is 4.91. The van der Waals surface area contributed by atoms with Gasteiger partial charge in [0.15, 0.2) is 0 Å². The van der Waals surface area contributed by atoms with Crippen molar-refractivity contribution < 1.29 is 13.5 Å². The number of ether oxygens (including phenoxy) is 1. The quantitative estimate of drug-likeness (QED) is 0.576. The van der Waals surface area contributed by atoms with Crippen molar-refractivity contribution >= 4 is 0 Å². The maximum Gasteiger partial charge on any atom is 0.387 e. The molecule has 1 nitrogen and oxygen atoms in total. The van der Waals surface area contributed by atoms with Crippen LogP contribution in [-0.4, -0.2) is 6.61 Å². The Morgan fingerprint density at radius 3 is 1.92 bits per heavy atom. The van der Waals surface area contributed by atoms with E-state index in [1.54, 1.807) is 12.1 Å². The molecule has 0 amide bonds. The van der Waals surface area contributed by atoms with Crippen molar-refractivity contribution in [2.24, 2.45) is 17.8 Å². The van der Waals surface area contributed by atoms with Crippen LogP contribution in [0.2, 0.25) is 0 Å². The summed E-state index contributed by atoms with van der Waals surface area (Å²) in [5.74, 6) is 3.70. The van der Waals surface area contributed by atoms with E-state index in [2.05, 4.69) is 11.7 Å². The summed E-state index contributed by atoms with van der Waals surface area (Å²) in [6, 6.07) is 7.30. The predicted molar refractivity (Wildman–Crippen MR) is 93.5 cm³/mol. The molecule has 0 unspecified atom stereocenters. The number of alkyl halides is 2. The van der Waals surface area contributed by atoms with E-state index in [0.29, 0.717) is 5.92 Å². The molecular formula is C21H30F2O. The van der Waals surface area contributed by atoms with Crippen LogP contribution in [0.5, 0.6) is 5.75 Å². The summed E-state index contributed by atoms with van der Waals surface area (Å²) < 4.78 is 28.9. The molecule has 0 saturated heterocycles. The smallest absolute Gasteiger partial charge is 0.387 e. The Labute approximate surface area is 144 Å². The number of halogens is 2. The molecule has 134 valence electrons. The topological polar surface area (TPSA) is 9.23 Å². The van der Waals surface area contributed by atoms with Crippen LogP contribution in [0.3, 0.4) is 0 Å². The number of benzene rings is 1. The summed E-state index contributed by atoms with van der Waals surface area (Å²) in [6.07, 6.45) is 12.3. The van der Waals surface area contributed by atoms with E-state index in [9.17, 15) is 8.78 Å². The number of rotatable bonds is 5. The van der Waals surface area contributed by atoms with Crippen LogP contribution in [0.4, 0.5) is 8.78 Å². The van der Waals surface area contributed by atoms with Crippen LogP contribution < -0.4 is 4.74 Å². The van der Waals surface area contributed by atoms with Gasteiger partial charge >= 0.3 is 6.61 Å². The van der Waals surface area contributed by atoms with Gasteiger partial charge in [-0.2, -0.15) is 8.78 Å². The zero-order valence-electron chi connectivity index (χ0n) is 14.7. The summed E-state index contributed by atoms with van der Waals surface area (Å²) >= 11 is 0. The molecule has 2 fully saturated rings. The SMILES string of the molecule is CCC1CCC(C2CCC(c3ccc(OC(F)F)cc3)CC2)CC1. The largest absolute Gasteiger partial charge is 0.435 e. The van der Waals surface area contributed by atoms with Crippen LogP contribution >= 0.6 is 0 Å². The summed E-state index contributed by atoms with van der Waals surface area (Å²) in [4.78, 5) is 0. The van der Waals surface area contributed by atoms with Gasteiger partial charge in [0.05, 0.1) is 0 Å². The molecule has 2 saturated carbocycles. The number of hydrogen-bond acceptors (Lipinski definition) is 1. The third-order valence-electron chi connectivity index (χ3n) is 6.48. The van der Waals surface area contributed by atoms with Gasteiger partial charge in [0, 0.05) is 0 Å². The molecule has 0 spiro atoms. The first-order valence-electron chi connectivity index (χ1n) is 9.70. The second kappa shape index (κ2) is 8.31. The van der Waals surface area contributed by atoms with Crippen LogP contribution in [0.1, 0.15) is 76.2 Å². The van der Waals surface area contributed by atoms with Crippen molar-refractivity contribution in [1.29, 1.82) is 0 Å². The Bertz CT molecular complexity index is 483. The normalized spacial score (nSPS) is 31.2. The minimum atomic E-state index is -2.74. The minimum absolute atomic E-state index is 0.259. The molecular weight excluding hydrogens is 306 g/mol. The van der Waals surface area contributed by atoms with Gasteiger partial charge in [0.25, 0.3) is 0 Å². The Kier molecular flexibility index (Phi) is 6.13. The fourth-order valence-corrected chi connectivity index (χ4v) is 4.91. The maximum absolute atomic E-state index is 12.2. The lowest BCUT2D eigenvalue weighted by Gasteiger charge is -2.38. The highest BCUT2D eigenvalue weighted by molar-refractivity contribution is 5.29. The summed E-state index contributed by atoms with van der Waals surface area (Å²) in [5.41, 5.74) is 1.28. The third kappa shape index (κ3) is 4.49. The molecule has 0 aliphatic heterocycles. The molecule has 0 aromatic heterocycles. The van der Waals surface area contributed by atoms with Crippen LogP contribution in [0.15, 0.2) is 24.3 Å². The van der Waals surface area contributed by atoms with Gasteiger partial charge in [-0.1, -0.05) is 38.3 Å². The second-order valence-electron chi connectivity index (χ2n) is 7.75. The predicted octanol–water partition coefficient (Wildman–Crippen LogP) is 6.78. The minimum Gasteiger partial charge on any atom is -0.435 e. The average molecular weight is 336 g/mol. The van der Waals surface area contributed by atoms with E-state index in [1.807, 2.05) is 12.1 Å². The molecule has 0 heterocycles. The van der Waals surface area contributed by atoms with Gasteiger partial charge in [0.2, 0.25) is 0 Å². The lowest BCUT2D eigenvalue weighted by Crippen LogP contribution is -2.25. The van der Waals surface area contributed by atoms with Crippen LogP contribution in [0, 0.1) is 17.8 Å². The molecule has 0 atom stereocenters. The van der Waals surface area contributed by atoms with Crippen molar-refractivity contribution in [3.8, 4) is 5.75 Å². The molecule has 0 radical (unpaired) electrons. The summed E-state index contributed by atoms with van der Waals surface area (Å²) in [7, 11) is 0. The highest BCUT2D eigenvalue weighted by Crippen LogP contribution is 2.44. The second-order valence-corrected chi connectivity index (χ2v) is 7.75. The molecule has 2 aliphatic carbocycles. The van der Waals surface area contributed by atoms with Gasteiger partial charge in [-0.05, 0) is 79.9 Å². The van der Waals surface area contributed by atoms with E-state index in [1.165, 1.54) is 63.4 Å². The van der Waals surface area contributed by atoms with Crippen molar-refractivity contribution in [2.75, 3.05) is 0 Å². The highest BCUT2D eigenvalue weighted by Gasteiger charge is 2.30. The van der Waals surface area contributed by atoms with Crippen LogP contribution in [-0.2, 0) is 0 Å². The Hall–Kier alpha value is -1.12. The zero-order valence-corrected chi connectivity index (χ0v) is 14.7. The molecule has 2 aliphatic rings. The van der Waals surface area contributed by atoms with Gasteiger partial charge in [-0.25, -0.2) is 0 Å².